The second-order valence-electron chi connectivity index (χ2n) is 3.77. The second-order valence-corrected chi connectivity index (χ2v) is 3.77. The molecular formula is C10H12N4O. The fraction of sp³-hybridized carbons (Fsp3) is 0.400. The van der Waals surface area contributed by atoms with E-state index in [0.717, 1.165) is 0 Å². The Kier molecular flexibility index (Phi) is 3.34. The van der Waals surface area contributed by atoms with Gasteiger partial charge >= 0.3 is 0 Å². The van der Waals surface area contributed by atoms with Gasteiger partial charge in [0, 0.05) is 18.9 Å². The minimum atomic E-state index is -0.572. The molecule has 0 fully saturated rings. The summed E-state index contributed by atoms with van der Waals surface area (Å²) in [6.07, 6.45) is 4.33. The summed E-state index contributed by atoms with van der Waals surface area (Å²) < 4.78 is 0. The third-order valence-corrected chi connectivity index (χ3v) is 1.79. The van der Waals surface area contributed by atoms with Gasteiger partial charge in [0.1, 0.15) is 5.69 Å². The number of carbonyl (C=O) groups excluding carboxylic acids is 1. The van der Waals surface area contributed by atoms with Crippen LogP contribution in [0, 0.1) is 16.7 Å². The first-order chi connectivity index (χ1) is 7.05. The highest BCUT2D eigenvalue weighted by molar-refractivity contribution is 5.91. The second kappa shape index (κ2) is 4.51. The molecule has 1 rings (SSSR count). The summed E-state index contributed by atoms with van der Waals surface area (Å²) in [6.45, 7) is 3.80. The number of aromatic nitrogens is 2. The van der Waals surface area contributed by atoms with E-state index in [-0.39, 0.29) is 11.6 Å². The first-order valence-electron chi connectivity index (χ1n) is 4.51. The molecular weight excluding hydrogens is 192 g/mol. The molecule has 0 saturated carbocycles. The molecule has 5 nitrogen and oxygen atoms in total. The lowest BCUT2D eigenvalue weighted by Gasteiger charge is -2.15. The molecule has 0 atom stereocenters. The molecule has 1 N–H and O–H groups in total. The van der Waals surface area contributed by atoms with Crippen molar-refractivity contribution in [3.63, 3.8) is 0 Å². The Bertz CT molecular complexity index is 380. The zero-order valence-corrected chi connectivity index (χ0v) is 8.69. The number of nitriles is 1. The van der Waals surface area contributed by atoms with E-state index >= 15 is 0 Å². The maximum atomic E-state index is 11.5. The van der Waals surface area contributed by atoms with Crippen LogP contribution in [0.4, 0.5) is 0 Å². The first kappa shape index (κ1) is 11.1. The summed E-state index contributed by atoms with van der Waals surface area (Å²) in [5.41, 5.74) is -0.316. The van der Waals surface area contributed by atoms with E-state index in [1.807, 2.05) is 0 Å². The number of hydrogen-bond acceptors (Lipinski definition) is 4. The lowest BCUT2D eigenvalue weighted by molar-refractivity contribution is 0.0938. The van der Waals surface area contributed by atoms with Crippen molar-refractivity contribution in [2.45, 2.75) is 13.8 Å². The molecule has 0 spiro atoms. The van der Waals surface area contributed by atoms with E-state index in [9.17, 15) is 4.79 Å². The summed E-state index contributed by atoms with van der Waals surface area (Å²) in [6, 6.07) is 2.10. The Labute approximate surface area is 88.2 Å². The van der Waals surface area contributed by atoms with Crippen molar-refractivity contribution in [1.29, 1.82) is 5.26 Å². The molecule has 1 aromatic rings. The van der Waals surface area contributed by atoms with Crippen molar-refractivity contribution >= 4 is 5.91 Å². The Balaban J connectivity index is 2.56. The van der Waals surface area contributed by atoms with Crippen LogP contribution in [0.5, 0.6) is 0 Å². The highest BCUT2D eigenvalue weighted by atomic mass is 16.1. The molecule has 78 valence electrons. The van der Waals surface area contributed by atoms with Gasteiger partial charge in [-0.1, -0.05) is 0 Å². The predicted octanol–water partition coefficient (Wildman–Crippen LogP) is 0.756. The number of carbonyl (C=O) groups is 1. The molecule has 0 aromatic carbocycles. The van der Waals surface area contributed by atoms with Crippen LogP contribution in [-0.2, 0) is 0 Å². The van der Waals surface area contributed by atoms with Gasteiger partial charge in [-0.25, -0.2) is 4.98 Å². The molecule has 0 radical (unpaired) electrons. The van der Waals surface area contributed by atoms with E-state index in [1.54, 1.807) is 13.8 Å². The fourth-order valence-electron chi connectivity index (χ4n) is 0.848. The van der Waals surface area contributed by atoms with Gasteiger partial charge in [-0.15, -0.1) is 0 Å². The Hall–Kier alpha value is -1.96. The molecule has 0 aliphatic heterocycles. The van der Waals surface area contributed by atoms with E-state index in [2.05, 4.69) is 21.4 Å². The van der Waals surface area contributed by atoms with Crippen LogP contribution in [0.15, 0.2) is 18.6 Å². The van der Waals surface area contributed by atoms with Crippen molar-refractivity contribution < 1.29 is 4.79 Å². The highest BCUT2D eigenvalue weighted by Crippen LogP contribution is 2.10. The van der Waals surface area contributed by atoms with Gasteiger partial charge in [-0.3, -0.25) is 9.78 Å². The molecule has 0 saturated heterocycles. The van der Waals surface area contributed by atoms with Crippen molar-refractivity contribution in [3.05, 3.63) is 24.3 Å². The van der Waals surface area contributed by atoms with Crippen LogP contribution in [-0.4, -0.2) is 22.4 Å². The monoisotopic (exact) mass is 204 g/mol. The van der Waals surface area contributed by atoms with Gasteiger partial charge in [-0.05, 0) is 13.8 Å². The third-order valence-electron chi connectivity index (χ3n) is 1.79. The average molecular weight is 204 g/mol. The van der Waals surface area contributed by atoms with Crippen LogP contribution in [0.2, 0.25) is 0 Å². The molecule has 1 aromatic heterocycles. The van der Waals surface area contributed by atoms with E-state index in [1.165, 1.54) is 18.6 Å². The molecule has 5 heteroatoms. The quantitative estimate of drug-likeness (QED) is 0.788. The molecule has 0 aliphatic rings. The number of amides is 1. The Morgan fingerprint density at radius 3 is 2.87 bits per heavy atom. The summed E-state index contributed by atoms with van der Waals surface area (Å²) in [7, 11) is 0. The van der Waals surface area contributed by atoms with Gasteiger partial charge in [0.05, 0.1) is 17.7 Å². The number of nitrogens with zero attached hydrogens (tertiary/aromatic N) is 3. The van der Waals surface area contributed by atoms with E-state index in [0.29, 0.717) is 6.54 Å². The zero-order chi connectivity index (χ0) is 11.3. The summed E-state index contributed by atoms with van der Waals surface area (Å²) in [4.78, 5) is 19.1. The number of hydrogen-bond donors (Lipinski definition) is 1. The summed E-state index contributed by atoms with van der Waals surface area (Å²) >= 11 is 0. The van der Waals surface area contributed by atoms with Crippen LogP contribution >= 0.6 is 0 Å². The Morgan fingerprint density at radius 2 is 2.33 bits per heavy atom. The van der Waals surface area contributed by atoms with Crippen LogP contribution in [0.1, 0.15) is 24.3 Å². The van der Waals surface area contributed by atoms with E-state index < -0.39 is 5.41 Å². The molecule has 1 heterocycles. The largest absolute Gasteiger partial charge is 0.349 e. The Morgan fingerprint density at radius 1 is 1.60 bits per heavy atom. The van der Waals surface area contributed by atoms with Gasteiger partial charge in [0.25, 0.3) is 5.91 Å². The number of nitrogens with one attached hydrogen (secondary N) is 1. The van der Waals surface area contributed by atoms with Gasteiger partial charge in [0.15, 0.2) is 0 Å². The van der Waals surface area contributed by atoms with Gasteiger partial charge < -0.3 is 5.32 Å². The van der Waals surface area contributed by atoms with Crippen molar-refractivity contribution in [3.8, 4) is 6.07 Å². The van der Waals surface area contributed by atoms with Crippen LogP contribution < -0.4 is 5.32 Å². The van der Waals surface area contributed by atoms with Gasteiger partial charge in [0.2, 0.25) is 0 Å². The normalized spacial score (nSPS) is 10.5. The molecule has 0 bridgehead atoms. The zero-order valence-electron chi connectivity index (χ0n) is 8.69. The maximum Gasteiger partial charge on any atom is 0.271 e. The molecule has 0 aliphatic carbocycles. The van der Waals surface area contributed by atoms with Crippen molar-refractivity contribution in [1.82, 2.24) is 15.3 Å². The molecule has 0 unspecified atom stereocenters. The lowest BCUT2D eigenvalue weighted by atomic mass is 9.96. The van der Waals surface area contributed by atoms with Gasteiger partial charge in [-0.2, -0.15) is 5.26 Å². The maximum absolute atomic E-state index is 11.5. The topological polar surface area (TPSA) is 78.7 Å². The lowest BCUT2D eigenvalue weighted by Crippen LogP contribution is -2.33. The highest BCUT2D eigenvalue weighted by Gasteiger charge is 2.18. The smallest absolute Gasteiger partial charge is 0.271 e. The summed E-state index contributed by atoms with van der Waals surface area (Å²) in [5.74, 6) is -0.313. The standard InChI is InChI=1S/C10H12N4O/c1-10(2,6-11)7-14-9(15)8-5-12-3-4-13-8/h3-5H,7H2,1-2H3,(H,14,15). The SMILES string of the molecule is CC(C)(C#N)CNC(=O)c1cnccn1. The predicted molar refractivity (Wildman–Crippen MR) is 53.8 cm³/mol. The molecule has 1 amide bonds. The average Bonchev–Trinajstić information content (AvgIpc) is 2.27. The van der Waals surface area contributed by atoms with Crippen molar-refractivity contribution in [2.24, 2.45) is 5.41 Å². The van der Waals surface area contributed by atoms with Crippen molar-refractivity contribution in [2.75, 3.05) is 6.54 Å². The minimum absolute atomic E-state index is 0.256. The number of rotatable bonds is 3. The molecule has 15 heavy (non-hydrogen) atoms. The van der Waals surface area contributed by atoms with Crippen LogP contribution in [0.3, 0.4) is 0 Å². The minimum Gasteiger partial charge on any atom is -0.349 e. The third kappa shape index (κ3) is 3.35. The first-order valence-corrected chi connectivity index (χ1v) is 4.51. The summed E-state index contributed by atoms with van der Waals surface area (Å²) in [5, 5.41) is 11.4. The fourth-order valence-corrected chi connectivity index (χ4v) is 0.848. The van der Waals surface area contributed by atoms with Crippen LogP contribution in [0.25, 0.3) is 0 Å². The van der Waals surface area contributed by atoms with E-state index in [4.69, 9.17) is 5.26 Å².